The van der Waals surface area contributed by atoms with Gasteiger partial charge in [-0.25, -0.2) is 13.1 Å². The molecule has 2 atom stereocenters. The molecule has 2 rings (SSSR count). The quantitative estimate of drug-likeness (QED) is 0.771. The van der Waals surface area contributed by atoms with E-state index in [1.165, 1.54) is 12.1 Å². The van der Waals surface area contributed by atoms with Crippen LogP contribution in [-0.2, 0) is 19.5 Å². The van der Waals surface area contributed by atoms with Gasteiger partial charge in [0.1, 0.15) is 6.07 Å². The van der Waals surface area contributed by atoms with Crippen LogP contribution >= 0.6 is 0 Å². The summed E-state index contributed by atoms with van der Waals surface area (Å²) < 4.78 is 39.1. The zero-order valence-corrected chi connectivity index (χ0v) is 14.8. The van der Waals surface area contributed by atoms with Crippen molar-refractivity contribution in [2.45, 2.75) is 23.5 Å². The van der Waals surface area contributed by atoms with Crippen LogP contribution in [0.25, 0.3) is 0 Å². The summed E-state index contributed by atoms with van der Waals surface area (Å²) in [6.45, 7) is 2.07. The van der Waals surface area contributed by atoms with Crippen LogP contribution in [0, 0.1) is 11.3 Å². The first-order chi connectivity index (χ1) is 11.4. The van der Waals surface area contributed by atoms with Crippen LogP contribution in [0.5, 0.6) is 0 Å². The van der Waals surface area contributed by atoms with Crippen molar-refractivity contribution >= 4 is 10.0 Å². The van der Waals surface area contributed by atoms with Gasteiger partial charge in [-0.1, -0.05) is 12.1 Å². The summed E-state index contributed by atoms with van der Waals surface area (Å²) in [4.78, 5) is 1.98. The average molecular weight is 353 g/mol. The zero-order valence-electron chi connectivity index (χ0n) is 13.9. The molecular weight excluding hydrogens is 330 g/mol. The lowest BCUT2D eigenvalue weighted by Crippen LogP contribution is -2.50. The Hall–Kier alpha value is -1.50. The normalized spacial score (nSPS) is 21.6. The molecule has 0 saturated carbocycles. The molecule has 1 aromatic rings. The van der Waals surface area contributed by atoms with Gasteiger partial charge in [-0.2, -0.15) is 5.26 Å². The Morgan fingerprint density at radius 2 is 2.17 bits per heavy atom. The van der Waals surface area contributed by atoms with E-state index in [4.69, 9.17) is 14.7 Å². The first kappa shape index (κ1) is 18.8. The summed E-state index contributed by atoms with van der Waals surface area (Å²) in [5.41, 5.74) is 0.117. The molecule has 8 heteroatoms. The number of hydrogen-bond donors (Lipinski definition) is 1. The first-order valence-electron chi connectivity index (χ1n) is 7.79. The number of likely N-dealkylation sites (N-methyl/N-ethyl adjacent to an activating group) is 1. The number of benzene rings is 1. The van der Waals surface area contributed by atoms with Crippen molar-refractivity contribution in [2.75, 3.05) is 40.5 Å². The van der Waals surface area contributed by atoms with Crippen LogP contribution in [0.3, 0.4) is 0 Å². The van der Waals surface area contributed by atoms with E-state index in [0.29, 0.717) is 19.6 Å². The number of nitrogens with one attached hydrogen (secondary N) is 1. The Bertz CT molecular complexity index is 685. The van der Waals surface area contributed by atoms with Crippen LogP contribution in [0.4, 0.5) is 0 Å². The highest BCUT2D eigenvalue weighted by Crippen LogP contribution is 2.18. The molecule has 0 aliphatic carbocycles. The highest BCUT2D eigenvalue weighted by atomic mass is 32.2. The second-order valence-electron chi connectivity index (χ2n) is 5.91. The molecule has 1 N–H and O–H groups in total. The second kappa shape index (κ2) is 8.55. The molecule has 1 saturated heterocycles. The van der Waals surface area contributed by atoms with Gasteiger partial charge in [0.25, 0.3) is 0 Å². The molecule has 24 heavy (non-hydrogen) atoms. The molecule has 0 unspecified atom stereocenters. The molecule has 0 spiro atoms. The Morgan fingerprint density at radius 3 is 2.88 bits per heavy atom. The molecule has 1 aliphatic rings. The predicted molar refractivity (Wildman–Crippen MR) is 89.0 cm³/mol. The van der Waals surface area contributed by atoms with Gasteiger partial charge in [-0.15, -0.1) is 0 Å². The fourth-order valence-corrected chi connectivity index (χ4v) is 3.88. The largest absolute Gasteiger partial charge is 0.380 e. The summed E-state index contributed by atoms with van der Waals surface area (Å²) in [6, 6.07) is 7.57. The summed E-state index contributed by atoms with van der Waals surface area (Å²) in [7, 11) is 0.0816. The third-order valence-electron chi connectivity index (χ3n) is 3.77. The van der Waals surface area contributed by atoms with E-state index in [1.807, 2.05) is 25.1 Å². The smallest absolute Gasteiger partial charge is 0.242 e. The highest BCUT2D eigenvalue weighted by Gasteiger charge is 2.31. The third-order valence-corrected chi connectivity index (χ3v) is 5.31. The molecule has 0 bridgehead atoms. The molecule has 1 heterocycles. The lowest BCUT2D eigenvalue weighted by atomic mass is 10.1. The Kier molecular flexibility index (Phi) is 6.71. The van der Waals surface area contributed by atoms with Crippen LogP contribution in [0.2, 0.25) is 0 Å². The number of sulfonamides is 1. The number of ether oxygens (including phenoxy) is 2. The van der Waals surface area contributed by atoms with Crippen LogP contribution < -0.4 is 4.72 Å². The average Bonchev–Trinajstić information content (AvgIpc) is 2.56. The minimum absolute atomic E-state index is 0.0230. The minimum atomic E-state index is -3.82. The molecule has 132 valence electrons. The summed E-state index contributed by atoms with van der Waals surface area (Å²) in [5, 5.41) is 9.11. The van der Waals surface area contributed by atoms with Crippen molar-refractivity contribution in [3.63, 3.8) is 0 Å². The van der Waals surface area contributed by atoms with Gasteiger partial charge in [0.05, 0.1) is 35.8 Å². The maximum atomic E-state index is 12.6. The van der Waals surface area contributed by atoms with E-state index < -0.39 is 16.1 Å². The van der Waals surface area contributed by atoms with Gasteiger partial charge in [0, 0.05) is 13.2 Å². The summed E-state index contributed by atoms with van der Waals surface area (Å²) in [5.74, 6) is 0. The zero-order chi connectivity index (χ0) is 17.6. The Balaban J connectivity index is 2.09. The van der Waals surface area contributed by atoms with Crippen molar-refractivity contribution in [3.8, 4) is 6.07 Å². The summed E-state index contributed by atoms with van der Waals surface area (Å²) >= 11 is 0. The maximum Gasteiger partial charge on any atom is 0.242 e. The number of rotatable bonds is 7. The van der Waals surface area contributed by atoms with Gasteiger partial charge in [0.2, 0.25) is 10.0 Å². The summed E-state index contributed by atoms with van der Waals surface area (Å²) in [6.07, 6.45) is 0.378. The van der Waals surface area contributed by atoms with E-state index in [1.54, 1.807) is 12.1 Å². The van der Waals surface area contributed by atoms with E-state index in [-0.39, 0.29) is 23.2 Å². The van der Waals surface area contributed by atoms with Gasteiger partial charge in [0.15, 0.2) is 0 Å². The van der Waals surface area contributed by atoms with E-state index in [2.05, 4.69) is 4.72 Å². The predicted octanol–water partition coefficient (Wildman–Crippen LogP) is 0.572. The Morgan fingerprint density at radius 1 is 1.42 bits per heavy atom. The molecule has 0 aromatic heterocycles. The molecule has 0 amide bonds. The standard InChI is InChI=1S/C16H23N3O4S/c1-19(2)8-10-23-15-7-9-22-12-14(15)18-24(20,21)16-6-4-3-5-13(16)11-17/h3-6,14-15,18H,7-10,12H2,1-2H3/t14-,15+/m0/s1. The van der Waals surface area contributed by atoms with Crippen LogP contribution in [0.15, 0.2) is 29.2 Å². The van der Waals surface area contributed by atoms with Crippen molar-refractivity contribution in [1.82, 2.24) is 9.62 Å². The molecule has 7 nitrogen and oxygen atoms in total. The lowest BCUT2D eigenvalue weighted by Gasteiger charge is -2.32. The topological polar surface area (TPSA) is 91.7 Å². The van der Waals surface area contributed by atoms with E-state index >= 15 is 0 Å². The van der Waals surface area contributed by atoms with Crippen LogP contribution in [-0.4, -0.2) is 65.9 Å². The van der Waals surface area contributed by atoms with Crippen molar-refractivity contribution < 1.29 is 17.9 Å². The first-order valence-corrected chi connectivity index (χ1v) is 9.28. The fraction of sp³-hybridized carbons (Fsp3) is 0.562. The molecule has 0 radical (unpaired) electrons. The lowest BCUT2D eigenvalue weighted by molar-refractivity contribution is -0.0527. The Labute approximate surface area is 143 Å². The van der Waals surface area contributed by atoms with Gasteiger partial charge in [-0.3, -0.25) is 0 Å². The van der Waals surface area contributed by atoms with Gasteiger partial charge < -0.3 is 14.4 Å². The van der Waals surface area contributed by atoms with Crippen molar-refractivity contribution in [1.29, 1.82) is 5.26 Å². The molecule has 1 aromatic carbocycles. The SMILES string of the molecule is CN(C)CCO[C@@H]1CCOC[C@@H]1NS(=O)(=O)c1ccccc1C#N. The molecule has 1 fully saturated rings. The number of nitrogens with zero attached hydrogens (tertiary/aromatic N) is 2. The maximum absolute atomic E-state index is 12.6. The number of nitriles is 1. The second-order valence-corrected chi connectivity index (χ2v) is 7.59. The molecular formula is C16H23N3O4S. The van der Waals surface area contributed by atoms with Crippen molar-refractivity contribution in [3.05, 3.63) is 29.8 Å². The van der Waals surface area contributed by atoms with Gasteiger partial charge >= 0.3 is 0 Å². The fourth-order valence-electron chi connectivity index (χ4n) is 2.47. The van der Waals surface area contributed by atoms with Crippen molar-refractivity contribution in [2.24, 2.45) is 0 Å². The monoisotopic (exact) mass is 353 g/mol. The van der Waals surface area contributed by atoms with Gasteiger partial charge in [-0.05, 0) is 32.6 Å². The van der Waals surface area contributed by atoms with Crippen LogP contribution in [0.1, 0.15) is 12.0 Å². The van der Waals surface area contributed by atoms with E-state index in [0.717, 1.165) is 6.54 Å². The molecule has 1 aliphatic heterocycles. The third kappa shape index (κ3) is 5.00. The van der Waals surface area contributed by atoms with E-state index in [9.17, 15) is 8.42 Å². The number of hydrogen-bond acceptors (Lipinski definition) is 6. The minimum Gasteiger partial charge on any atom is -0.380 e. The highest BCUT2D eigenvalue weighted by molar-refractivity contribution is 7.89.